The van der Waals surface area contributed by atoms with Gasteiger partial charge in [-0.2, -0.15) is 0 Å². The molecule has 0 saturated carbocycles. The minimum absolute atomic E-state index is 0.185. The van der Waals surface area contributed by atoms with Crippen LogP contribution in [-0.2, 0) is 7.05 Å². The van der Waals surface area contributed by atoms with Gasteiger partial charge in [-0.25, -0.2) is 9.67 Å². The number of carbonyl (C=O) groups excluding carboxylic acids is 2. The van der Waals surface area contributed by atoms with Gasteiger partial charge in [0.15, 0.2) is 0 Å². The lowest BCUT2D eigenvalue weighted by Gasteiger charge is -2.12. The molecule has 0 aliphatic rings. The zero-order valence-corrected chi connectivity index (χ0v) is 24.4. The van der Waals surface area contributed by atoms with Crippen molar-refractivity contribution in [1.29, 1.82) is 0 Å². The fourth-order valence-corrected chi connectivity index (χ4v) is 5.11. The second-order valence-electron chi connectivity index (χ2n) is 10.2. The summed E-state index contributed by atoms with van der Waals surface area (Å²) in [5.74, 6) is -0.0930. The molecule has 2 amide bonds. The van der Waals surface area contributed by atoms with Crippen molar-refractivity contribution in [3.05, 3.63) is 136 Å². The molecule has 218 valence electrons. The van der Waals surface area contributed by atoms with E-state index in [9.17, 15) is 14.4 Å². The van der Waals surface area contributed by atoms with Gasteiger partial charge in [-0.15, -0.1) is 0 Å². The molecule has 9 heteroatoms. The number of hydrogen-bond acceptors (Lipinski definition) is 5. The predicted molar refractivity (Wildman–Crippen MR) is 172 cm³/mol. The first-order valence-corrected chi connectivity index (χ1v) is 13.9. The van der Waals surface area contributed by atoms with Gasteiger partial charge in [0.25, 0.3) is 17.4 Å². The number of ether oxygens (including phenoxy) is 1. The van der Waals surface area contributed by atoms with E-state index in [4.69, 9.17) is 9.72 Å². The number of carbonyl (C=O) groups is 2. The van der Waals surface area contributed by atoms with Gasteiger partial charge in [0.1, 0.15) is 11.4 Å². The SMILES string of the molecule is COc1ccc(-c2cc(C(=O)Nc3cccc(C(=O)Nc4c(C)n(C)n(-c5ccccc5)c4=O)c3)c3ccccc3n2)cc1. The largest absolute Gasteiger partial charge is 0.497 e. The zero-order chi connectivity index (χ0) is 30.8. The van der Waals surface area contributed by atoms with E-state index in [1.165, 1.54) is 4.68 Å². The number of aromatic nitrogens is 3. The average Bonchev–Trinajstić information content (AvgIpc) is 3.27. The van der Waals surface area contributed by atoms with E-state index in [1.807, 2.05) is 78.9 Å². The van der Waals surface area contributed by atoms with Gasteiger partial charge >= 0.3 is 0 Å². The molecule has 0 bridgehead atoms. The van der Waals surface area contributed by atoms with Crippen LogP contribution < -0.4 is 20.9 Å². The number of fused-ring (bicyclic) bond motifs is 1. The van der Waals surface area contributed by atoms with Gasteiger partial charge in [0, 0.05) is 29.2 Å². The maximum Gasteiger partial charge on any atom is 0.295 e. The summed E-state index contributed by atoms with van der Waals surface area (Å²) in [5, 5.41) is 6.40. The number of nitrogens with one attached hydrogen (secondary N) is 2. The first kappa shape index (κ1) is 28.2. The summed E-state index contributed by atoms with van der Waals surface area (Å²) in [5.41, 5.74) is 4.46. The third-order valence-electron chi connectivity index (χ3n) is 7.52. The molecular weight excluding hydrogens is 554 g/mol. The Morgan fingerprint density at radius 3 is 2.27 bits per heavy atom. The maximum atomic E-state index is 13.6. The Kier molecular flexibility index (Phi) is 7.51. The quantitative estimate of drug-likeness (QED) is 0.232. The van der Waals surface area contributed by atoms with E-state index >= 15 is 0 Å². The molecule has 44 heavy (non-hydrogen) atoms. The smallest absolute Gasteiger partial charge is 0.295 e. The minimum Gasteiger partial charge on any atom is -0.497 e. The number of rotatable bonds is 7. The second kappa shape index (κ2) is 11.7. The summed E-state index contributed by atoms with van der Waals surface area (Å²) in [6.07, 6.45) is 0. The molecule has 0 unspecified atom stereocenters. The van der Waals surface area contributed by atoms with Crippen LogP contribution in [0.25, 0.3) is 27.8 Å². The van der Waals surface area contributed by atoms with Crippen molar-refractivity contribution in [1.82, 2.24) is 14.3 Å². The molecule has 2 heterocycles. The first-order chi connectivity index (χ1) is 21.3. The summed E-state index contributed by atoms with van der Waals surface area (Å²) < 4.78 is 8.47. The summed E-state index contributed by atoms with van der Waals surface area (Å²) in [6.45, 7) is 1.77. The highest BCUT2D eigenvalue weighted by Gasteiger charge is 2.20. The number of benzene rings is 4. The third-order valence-corrected chi connectivity index (χ3v) is 7.52. The van der Waals surface area contributed by atoms with E-state index in [0.29, 0.717) is 39.2 Å². The van der Waals surface area contributed by atoms with Crippen LogP contribution in [0.1, 0.15) is 26.4 Å². The lowest BCUT2D eigenvalue weighted by Crippen LogP contribution is -2.23. The molecule has 4 aromatic carbocycles. The van der Waals surface area contributed by atoms with Crippen LogP contribution in [0.2, 0.25) is 0 Å². The van der Waals surface area contributed by atoms with Gasteiger partial charge in [0.2, 0.25) is 0 Å². The molecule has 0 spiro atoms. The Bertz CT molecular complexity index is 2080. The van der Waals surface area contributed by atoms with Crippen molar-refractivity contribution >= 4 is 34.1 Å². The Hall–Kier alpha value is -5.96. The molecule has 6 rings (SSSR count). The Balaban J connectivity index is 1.27. The lowest BCUT2D eigenvalue weighted by molar-refractivity contribution is 0.101. The van der Waals surface area contributed by atoms with E-state index in [-0.39, 0.29) is 22.7 Å². The number of methoxy groups -OCH3 is 1. The fourth-order valence-electron chi connectivity index (χ4n) is 5.11. The monoisotopic (exact) mass is 583 g/mol. The van der Waals surface area contributed by atoms with Crippen LogP contribution in [0, 0.1) is 6.92 Å². The first-order valence-electron chi connectivity index (χ1n) is 13.9. The third kappa shape index (κ3) is 5.34. The van der Waals surface area contributed by atoms with Gasteiger partial charge < -0.3 is 15.4 Å². The molecule has 6 aromatic rings. The highest BCUT2D eigenvalue weighted by Crippen LogP contribution is 2.27. The van der Waals surface area contributed by atoms with Crippen molar-refractivity contribution in [2.75, 3.05) is 17.7 Å². The van der Waals surface area contributed by atoms with E-state index in [0.717, 1.165) is 11.3 Å². The van der Waals surface area contributed by atoms with E-state index in [1.54, 1.807) is 56.1 Å². The molecule has 0 aliphatic carbocycles. The highest BCUT2D eigenvalue weighted by atomic mass is 16.5. The van der Waals surface area contributed by atoms with Gasteiger partial charge in [-0.1, -0.05) is 42.5 Å². The number of hydrogen-bond donors (Lipinski definition) is 2. The van der Waals surface area contributed by atoms with Crippen LogP contribution in [0.3, 0.4) is 0 Å². The standard InChI is InChI=1S/C35H29N5O4/c1-22-32(35(43)40(39(22)2)26-12-5-4-6-13-26)38-33(41)24-10-9-11-25(20-24)36-34(42)29-21-31(23-16-18-27(44-3)19-17-23)37-30-15-8-7-14-28(29)30/h4-21H,1-3H3,(H,36,42)(H,38,41). The number of para-hydroxylation sites is 2. The molecule has 0 saturated heterocycles. The van der Waals surface area contributed by atoms with Gasteiger partial charge in [-0.05, 0) is 73.7 Å². The van der Waals surface area contributed by atoms with Crippen molar-refractivity contribution in [3.8, 4) is 22.7 Å². The van der Waals surface area contributed by atoms with Crippen LogP contribution >= 0.6 is 0 Å². The molecule has 9 nitrogen and oxygen atoms in total. The van der Waals surface area contributed by atoms with Crippen LogP contribution in [0.15, 0.2) is 114 Å². The molecule has 0 atom stereocenters. The Labute approximate surface area is 253 Å². The van der Waals surface area contributed by atoms with Crippen LogP contribution in [-0.4, -0.2) is 33.3 Å². The van der Waals surface area contributed by atoms with Gasteiger partial charge in [0.05, 0.1) is 35.3 Å². The summed E-state index contributed by atoms with van der Waals surface area (Å²) in [6, 6.07) is 32.5. The summed E-state index contributed by atoms with van der Waals surface area (Å²) in [7, 11) is 3.37. The molecule has 0 aliphatic heterocycles. The number of anilines is 2. The fraction of sp³-hybridized carbons (Fsp3) is 0.0857. The predicted octanol–water partition coefficient (Wildman–Crippen LogP) is 6.21. The summed E-state index contributed by atoms with van der Waals surface area (Å²) in [4.78, 5) is 45.0. The molecule has 0 fully saturated rings. The van der Waals surface area contributed by atoms with E-state index in [2.05, 4.69) is 10.6 Å². The van der Waals surface area contributed by atoms with Crippen molar-refractivity contribution < 1.29 is 14.3 Å². The topological polar surface area (TPSA) is 107 Å². The lowest BCUT2D eigenvalue weighted by atomic mass is 10.0. The average molecular weight is 584 g/mol. The number of pyridine rings is 1. The molecule has 2 N–H and O–H groups in total. The molecule has 2 aromatic heterocycles. The minimum atomic E-state index is -0.469. The van der Waals surface area contributed by atoms with Crippen molar-refractivity contribution in [3.63, 3.8) is 0 Å². The summed E-state index contributed by atoms with van der Waals surface area (Å²) >= 11 is 0. The molecule has 0 radical (unpaired) electrons. The van der Waals surface area contributed by atoms with Crippen molar-refractivity contribution in [2.24, 2.45) is 7.05 Å². The van der Waals surface area contributed by atoms with Crippen LogP contribution in [0.4, 0.5) is 11.4 Å². The normalized spacial score (nSPS) is 10.9. The van der Waals surface area contributed by atoms with Crippen LogP contribution in [0.5, 0.6) is 5.75 Å². The van der Waals surface area contributed by atoms with Gasteiger partial charge in [-0.3, -0.25) is 19.1 Å². The highest BCUT2D eigenvalue weighted by molar-refractivity contribution is 6.13. The van der Waals surface area contributed by atoms with Crippen molar-refractivity contribution in [2.45, 2.75) is 6.92 Å². The maximum absolute atomic E-state index is 13.6. The Morgan fingerprint density at radius 1 is 0.795 bits per heavy atom. The number of nitrogens with zero attached hydrogens (tertiary/aromatic N) is 3. The van der Waals surface area contributed by atoms with E-state index < -0.39 is 5.91 Å². The molecular formula is C35H29N5O4. The second-order valence-corrected chi connectivity index (χ2v) is 10.2. The zero-order valence-electron chi connectivity index (χ0n) is 24.4. The Morgan fingerprint density at radius 2 is 1.52 bits per heavy atom. The number of amides is 2.